The molecule has 1 saturated heterocycles. The van der Waals surface area contributed by atoms with E-state index in [0.717, 1.165) is 5.56 Å². The van der Waals surface area contributed by atoms with E-state index in [4.69, 9.17) is 39.5 Å². The molecule has 1 aliphatic rings. The predicted octanol–water partition coefficient (Wildman–Crippen LogP) is 3.45. The van der Waals surface area contributed by atoms with Crippen molar-refractivity contribution >= 4 is 34.8 Å². The van der Waals surface area contributed by atoms with Crippen LogP contribution in [0.2, 0.25) is 15.1 Å². The molecule has 1 aromatic carbocycles. The number of nitrogens with one attached hydrogen (secondary N) is 1. The van der Waals surface area contributed by atoms with E-state index in [1.165, 1.54) is 0 Å². The Labute approximate surface area is 127 Å². The van der Waals surface area contributed by atoms with Crippen molar-refractivity contribution in [3.8, 4) is 0 Å². The summed E-state index contributed by atoms with van der Waals surface area (Å²) in [5.74, 6) is 0. The molecule has 0 amide bonds. The number of rotatable bonds is 4. The predicted molar refractivity (Wildman–Crippen MR) is 78.3 cm³/mol. The van der Waals surface area contributed by atoms with E-state index >= 15 is 0 Å². The highest BCUT2D eigenvalue weighted by Gasteiger charge is 2.32. The second-order valence-electron chi connectivity index (χ2n) is 4.89. The van der Waals surface area contributed by atoms with Crippen LogP contribution in [0.1, 0.15) is 24.9 Å². The molecule has 0 saturated carbocycles. The Balaban J connectivity index is 2.04. The fraction of sp³-hybridized carbons (Fsp3) is 0.538. The molecular weight excluding hydrogens is 309 g/mol. The molecule has 2 rings (SSSR count). The maximum absolute atomic E-state index is 10.2. The van der Waals surface area contributed by atoms with Gasteiger partial charge in [0.1, 0.15) is 5.60 Å². The standard InChI is InChI=1S/C13H16Cl3NO2/c1-8(17-6-13(18)4-5-19-7-13)9-2-3-10(14)12(16)11(9)15/h2-3,8,17-18H,4-7H2,1H3. The lowest BCUT2D eigenvalue weighted by Gasteiger charge is -2.24. The highest BCUT2D eigenvalue weighted by Crippen LogP contribution is 2.35. The summed E-state index contributed by atoms with van der Waals surface area (Å²) in [6.07, 6.45) is 0.641. The van der Waals surface area contributed by atoms with Crippen molar-refractivity contribution in [1.82, 2.24) is 5.32 Å². The smallest absolute Gasteiger partial charge is 0.103 e. The van der Waals surface area contributed by atoms with Crippen LogP contribution in [0.5, 0.6) is 0 Å². The van der Waals surface area contributed by atoms with Crippen LogP contribution in [0, 0.1) is 0 Å². The second-order valence-corrected chi connectivity index (χ2v) is 6.06. The van der Waals surface area contributed by atoms with Crippen LogP contribution in [0.4, 0.5) is 0 Å². The van der Waals surface area contributed by atoms with Crippen LogP contribution in [0.15, 0.2) is 12.1 Å². The molecule has 106 valence electrons. The normalized spacial score (nSPS) is 24.7. The van der Waals surface area contributed by atoms with Gasteiger partial charge in [-0.15, -0.1) is 0 Å². The van der Waals surface area contributed by atoms with Crippen LogP contribution in [-0.2, 0) is 4.74 Å². The van der Waals surface area contributed by atoms with Crippen LogP contribution in [0.3, 0.4) is 0 Å². The van der Waals surface area contributed by atoms with Gasteiger partial charge in [-0.25, -0.2) is 0 Å². The summed E-state index contributed by atoms with van der Waals surface area (Å²) in [6, 6.07) is 3.52. The quantitative estimate of drug-likeness (QED) is 0.834. The summed E-state index contributed by atoms with van der Waals surface area (Å²) in [5, 5.41) is 14.7. The van der Waals surface area contributed by atoms with Crippen LogP contribution >= 0.6 is 34.8 Å². The van der Waals surface area contributed by atoms with Crippen molar-refractivity contribution in [3.63, 3.8) is 0 Å². The van der Waals surface area contributed by atoms with Crippen LogP contribution in [0.25, 0.3) is 0 Å². The minimum absolute atomic E-state index is 0.0353. The number of hydrogen-bond donors (Lipinski definition) is 2. The van der Waals surface area contributed by atoms with Gasteiger partial charge >= 0.3 is 0 Å². The molecule has 1 heterocycles. The second kappa shape index (κ2) is 6.17. The highest BCUT2D eigenvalue weighted by molar-refractivity contribution is 6.48. The third-order valence-electron chi connectivity index (χ3n) is 3.35. The van der Waals surface area contributed by atoms with Gasteiger partial charge < -0.3 is 15.2 Å². The average molecular weight is 325 g/mol. The summed E-state index contributed by atoms with van der Waals surface area (Å²) < 4.78 is 5.20. The molecule has 2 N–H and O–H groups in total. The van der Waals surface area contributed by atoms with Gasteiger partial charge in [0.2, 0.25) is 0 Å². The summed E-state index contributed by atoms with van der Waals surface area (Å²) in [4.78, 5) is 0. The number of halogens is 3. The molecule has 0 spiro atoms. The van der Waals surface area contributed by atoms with Crippen molar-refractivity contribution in [2.24, 2.45) is 0 Å². The first kappa shape index (κ1) is 15.4. The summed E-state index contributed by atoms with van der Waals surface area (Å²) in [6.45, 7) is 3.37. The number of aliphatic hydroxyl groups is 1. The van der Waals surface area contributed by atoms with E-state index in [2.05, 4.69) is 5.32 Å². The van der Waals surface area contributed by atoms with Gasteiger partial charge in [-0.2, -0.15) is 0 Å². The monoisotopic (exact) mass is 323 g/mol. The zero-order valence-corrected chi connectivity index (χ0v) is 12.8. The summed E-state index contributed by atoms with van der Waals surface area (Å²) in [5.41, 5.74) is 0.0651. The fourth-order valence-corrected chi connectivity index (χ4v) is 2.77. The van der Waals surface area contributed by atoms with Gasteiger partial charge in [0.05, 0.1) is 21.7 Å². The third kappa shape index (κ3) is 3.54. The van der Waals surface area contributed by atoms with Gasteiger partial charge in [0.15, 0.2) is 0 Å². The molecule has 2 unspecified atom stereocenters. The Hall–Kier alpha value is -0.0300. The zero-order chi connectivity index (χ0) is 14.0. The molecule has 3 nitrogen and oxygen atoms in total. The molecule has 1 fully saturated rings. The van der Waals surface area contributed by atoms with Gasteiger partial charge in [-0.05, 0) is 18.6 Å². The Bertz CT molecular complexity index is 461. The van der Waals surface area contributed by atoms with Crippen molar-refractivity contribution in [2.75, 3.05) is 19.8 Å². The summed E-state index contributed by atoms with van der Waals surface area (Å²) >= 11 is 18.1. The minimum Gasteiger partial charge on any atom is -0.386 e. The minimum atomic E-state index is -0.795. The molecule has 0 aromatic heterocycles. The number of ether oxygens (including phenoxy) is 1. The molecule has 1 aromatic rings. The Kier molecular flexibility index (Phi) is 4.99. The first-order valence-corrected chi connectivity index (χ1v) is 7.23. The first-order chi connectivity index (χ1) is 8.93. The van der Waals surface area contributed by atoms with E-state index in [1.807, 2.05) is 13.0 Å². The van der Waals surface area contributed by atoms with Crippen molar-refractivity contribution in [1.29, 1.82) is 0 Å². The van der Waals surface area contributed by atoms with E-state index in [-0.39, 0.29) is 6.04 Å². The van der Waals surface area contributed by atoms with Crippen molar-refractivity contribution in [2.45, 2.75) is 25.0 Å². The van der Waals surface area contributed by atoms with E-state index in [0.29, 0.717) is 41.2 Å². The first-order valence-electron chi connectivity index (χ1n) is 6.10. The summed E-state index contributed by atoms with van der Waals surface area (Å²) in [7, 11) is 0. The third-order valence-corrected chi connectivity index (χ3v) is 4.66. The van der Waals surface area contributed by atoms with Gasteiger partial charge in [-0.3, -0.25) is 0 Å². The zero-order valence-electron chi connectivity index (χ0n) is 10.5. The van der Waals surface area contributed by atoms with E-state index in [9.17, 15) is 5.11 Å². The van der Waals surface area contributed by atoms with Crippen molar-refractivity contribution < 1.29 is 9.84 Å². The molecule has 0 radical (unpaired) electrons. The lowest BCUT2D eigenvalue weighted by atomic mass is 10.0. The molecule has 6 heteroatoms. The van der Waals surface area contributed by atoms with Gasteiger partial charge in [0, 0.05) is 25.6 Å². The Morgan fingerprint density at radius 3 is 2.74 bits per heavy atom. The van der Waals surface area contributed by atoms with Crippen molar-refractivity contribution in [3.05, 3.63) is 32.8 Å². The number of hydrogen-bond acceptors (Lipinski definition) is 3. The topological polar surface area (TPSA) is 41.5 Å². The number of benzene rings is 1. The largest absolute Gasteiger partial charge is 0.386 e. The lowest BCUT2D eigenvalue weighted by molar-refractivity contribution is 0.0252. The highest BCUT2D eigenvalue weighted by atomic mass is 35.5. The Morgan fingerprint density at radius 1 is 1.37 bits per heavy atom. The van der Waals surface area contributed by atoms with Gasteiger partial charge in [-0.1, -0.05) is 40.9 Å². The molecule has 19 heavy (non-hydrogen) atoms. The fourth-order valence-electron chi connectivity index (χ4n) is 2.06. The maximum atomic E-state index is 10.2. The van der Waals surface area contributed by atoms with Crippen LogP contribution < -0.4 is 5.32 Å². The molecule has 2 atom stereocenters. The molecule has 0 bridgehead atoms. The van der Waals surface area contributed by atoms with E-state index in [1.54, 1.807) is 6.07 Å². The van der Waals surface area contributed by atoms with Gasteiger partial charge in [0.25, 0.3) is 0 Å². The molecular formula is C13H16Cl3NO2. The molecule has 1 aliphatic heterocycles. The lowest BCUT2D eigenvalue weighted by Crippen LogP contribution is -2.41. The average Bonchev–Trinajstić information content (AvgIpc) is 2.81. The maximum Gasteiger partial charge on any atom is 0.103 e. The SMILES string of the molecule is CC(NCC1(O)CCOC1)c1ccc(Cl)c(Cl)c1Cl. The molecule has 0 aliphatic carbocycles. The Morgan fingerprint density at radius 2 is 2.11 bits per heavy atom. The van der Waals surface area contributed by atoms with E-state index < -0.39 is 5.60 Å². The van der Waals surface area contributed by atoms with Crippen LogP contribution in [-0.4, -0.2) is 30.5 Å².